The van der Waals surface area contributed by atoms with Crippen molar-refractivity contribution in [1.29, 1.82) is 0 Å². The van der Waals surface area contributed by atoms with E-state index in [1.54, 1.807) is 0 Å². The first-order valence-electron chi connectivity index (χ1n) is 4.84. The monoisotopic (exact) mass is 263 g/mol. The molecule has 5 heteroatoms. The molecule has 1 aromatic carbocycles. The maximum atomic E-state index is 13.1. The predicted molar refractivity (Wildman–Crippen MR) is 63.6 cm³/mol. The molecule has 1 amide bonds. The second kappa shape index (κ2) is 5.51. The summed E-state index contributed by atoms with van der Waals surface area (Å²) < 4.78 is 13.1. The third-order valence-electron chi connectivity index (χ3n) is 1.93. The van der Waals surface area contributed by atoms with E-state index in [1.165, 1.54) is 6.07 Å². The smallest absolute Gasteiger partial charge is 0.252 e. The molecule has 1 N–H and O–H groups in total. The van der Waals surface area contributed by atoms with Crippen LogP contribution in [0.2, 0.25) is 10.0 Å². The van der Waals surface area contributed by atoms with Crippen molar-refractivity contribution < 1.29 is 9.18 Å². The minimum atomic E-state index is -0.652. The number of hydrogen-bond acceptors (Lipinski definition) is 1. The molecule has 0 spiro atoms. The Morgan fingerprint density at radius 2 is 2.00 bits per heavy atom. The van der Waals surface area contributed by atoms with Crippen LogP contribution in [0.25, 0.3) is 0 Å². The lowest BCUT2D eigenvalue weighted by Gasteiger charge is -2.09. The topological polar surface area (TPSA) is 29.1 Å². The van der Waals surface area contributed by atoms with E-state index in [-0.39, 0.29) is 15.6 Å². The van der Waals surface area contributed by atoms with E-state index < -0.39 is 11.7 Å². The summed E-state index contributed by atoms with van der Waals surface area (Å²) in [4.78, 5) is 11.6. The molecule has 0 unspecified atom stereocenters. The van der Waals surface area contributed by atoms with Gasteiger partial charge in [0, 0.05) is 6.54 Å². The van der Waals surface area contributed by atoms with Crippen molar-refractivity contribution in [2.24, 2.45) is 5.92 Å². The molecule has 2 nitrogen and oxygen atoms in total. The highest BCUT2D eigenvalue weighted by Gasteiger charge is 2.13. The van der Waals surface area contributed by atoms with Gasteiger partial charge in [0.15, 0.2) is 0 Å². The average Bonchev–Trinajstić information content (AvgIpc) is 2.20. The van der Waals surface area contributed by atoms with E-state index in [4.69, 9.17) is 23.2 Å². The van der Waals surface area contributed by atoms with E-state index in [9.17, 15) is 9.18 Å². The predicted octanol–water partition coefficient (Wildman–Crippen LogP) is 3.52. The van der Waals surface area contributed by atoms with Gasteiger partial charge in [0.1, 0.15) is 5.82 Å². The largest absolute Gasteiger partial charge is 0.352 e. The number of nitrogens with one attached hydrogen (secondary N) is 1. The van der Waals surface area contributed by atoms with Gasteiger partial charge in [-0.2, -0.15) is 0 Å². The molecule has 0 saturated carbocycles. The molecule has 16 heavy (non-hydrogen) atoms. The van der Waals surface area contributed by atoms with E-state index in [1.807, 2.05) is 13.8 Å². The first-order valence-corrected chi connectivity index (χ1v) is 5.60. The molecular formula is C11H12Cl2FNO. The van der Waals surface area contributed by atoms with Crippen LogP contribution in [0.5, 0.6) is 0 Å². The zero-order chi connectivity index (χ0) is 12.3. The lowest BCUT2D eigenvalue weighted by molar-refractivity contribution is 0.0948. The van der Waals surface area contributed by atoms with Crippen LogP contribution in [0.15, 0.2) is 12.1 Å². The van der Waals surface area contributed by atoms with Crippen molar-refractivity contribution in [3.63, 3.8) is 0 Å². The van der Waals surface area contributed by atoms with Gasteiger partial charge in [-0.05, 0) is 18.1 Å². The second-order valence-corrected chi connectivity index (χ2v) is 4.66. The zero-order valence-electron chi connectivity index (χ0n) is 8.98. The van der Waals surface area contributed by atoms with Crippen LogP contribution in [0.4, 0.5) is 4.39 Å². The van der Waals surface area contributed by atoms with Crippen LogP contribution in [0.1, 0.15) is 24.2 Å². The molecule has 0 atom stereocenters. The van der Waals surface area contributed by atoms with E-state index >= 15 is 0 Å². The Hall–Kier alpha value is -0.800. The number of carbonyl (C=O) groups excluding carboxylic acids is 1. The van der Waals surface area contributed by atoms with Crippen molar-refractivity contribution in [3.05, 3.63) is 33.6 Å². The van der Waals surface area contributed by atoms with Gasteiger partial charge < -0.3 is 5.32 Å². The summed E-state index contributed by atoms with van der Waals surface area (Å²) >= 11 is 11.3. The van der Waals surface area contributed by atoms with Crippen molar-refractivity contribution in [1.82, 2.24) is 5.32 Å². The lowest BCUT2D eigenvalue weighted by Crippen LogP contribution is -2.27. The Morgan fingerprint density at radius 3 is 2.56 bits per heavy atom. The van der Waals surface area contributed by atoms with Gasteiger partial charge in [0.25, 0.3) is 5.91 Å². The van der Waals surface area contributed by atoms with Crippen LogP contribution < -0.4 is 5.32 Å². The fraction of sp³-hybridized carbons (Fsp3) is 0.364. The fourth-order valence-electron chi connectivity index (χ4n) is 1.09. The fourth-order valence-corrected chi connectivity index (χ4v) is 1.56. The Balaban J connectivity index is 2.87. The first-order chi connectivity index (χ1) is 7.41. The Labute approximate surface area is 104 Å². The molecule has 1 aromatic rings. The quantitative estimate of drug-likeness (QED) is 0.831. The molecule has 0 heterocycles. The summed E-state index contributed by atoms with van der Waals surface area (Å²) in [6, 6.07) is 2.27. The summed E-state index contributed by atoms with van der Waals surface area (Å²) in [5.41, 5.74) is 0.101. The lowest BCUT2D eigenvalue weighted by atomic mass is 10.2. The van der Waals surface area contributed by atoms with Gasteiger partial charge in [0.2, 0.25) is 0 Å². The SMILES string of the molecule is CC(C)CNC(=O)c1cc(F)c(Cl)cc1Cl. The standard InChI is InChI=1S/C11H12Cl2FNO/c1-6(2)5-15-11(16)7-3-10(14)9(13)4-8(7)12/h3-4,6H,5H2,1-2H3,(H,15,16). The average molecular weight is 264 g/mol. The zero-order valence-corrected chi connectivity index (χ0v) is 10.5. The number of halogens is 3. The summed E-state index contributed by atoms with van der Waals surface area (Å²) in [5.74, 6) is -0.727. The molecule has 0 aromatic heterocycles. The van der Waals surface area contributed by atoms with Gasteiger partial charge in [-0.25, -0.2) is 4.39 Å². The summed E-state index contributed by atoms with van der Waals surface area (Å²) in [6.07, 6.45) is 0. The number of carbonyl (C=O) groups is 1. The highest BCUT2D eigenvalue weighted by atomic mass is 35.5. The minimum absolute atomic E-state index is 0.0922. The number of hydrogen-bond donors (Lipinski definition) is 1. The van der Waals surface area contributed by atoms with Crippen molar-refractivity contribution >= 4 is 29.1 Å². The van der Waals surface area contributed by atoms with Crippen LogP contribution in [0.3, 0.4) is 0 Å². The maximum Gasteiger partial charge on any atom is 0.252 e. The van der Waals surface area contributed by atoms with Gasteiger partial charge >= 0.3 is 0 Å². The third-order valence-corrected chi connectivity index (χ3v) is 2.53. The maximum absolute atomic E-state index is 13.1. The van der Waals surface area contributed by atoms with Crippen LogP contribution >= 0.6 is 23.2 Å². The Bertz CT molecular complexity index is 407. The van der Waals surface area contributed by atoms with Crippen molar-refractivity contribution in [2.75, 3.05) is 6.54 Å². The third kappa shape index (κ3) is 3.35. The molecule has 0 aliphatic carbocycles. The molecule has 0 bridgehead atoms. The van der Waals surface area contributed by atoms with Gasteiger partial charge in [-0.3, -0.25) is 4.79 Å². The molecule has 0 saturated heterocycles. The minimum Gasteiger partial charge on any atom is -0.352 e. The molecule has 0 aliphatic heterocycles. The highest BCUT2D eigenvalue weighted by molar-refractivity contribution is 6.36. The number of rotatable bonds is 3. The second-order valence-electron chi connectivity index (χ2n) is 3.85. The Morgan fingerprint density at radius 1 is 1.38 bits per heavy atom. The van der Waals surface area contributed by atoms with Crippen molar-refractivity contribution in [2.45, 2.75) is 13.8 Å². The summed E-state index contributed by atoms with van der Waals surface area (Å²) in [7, 11) is 0. The van der Waals surface area contributed by atoms with E-state index in [0.717, 1.165) is 6.07 Å². The molecule has 1 rings (SSSR count). The van der Waals surface area contributed by atoms with Crippen LogP contribution in [-0.4, -0.2) is 12.5 Å². The molecular weight excluding hydrogens is 252 g/mol. The van der Waals surface area contributed by atoms with Crippen LogP contribution in [0, 0.1) is 11.7 Å². The molecule has 0 fully saturated rings. The number of amides is 1. The molecule has 0 aliphatic rings. The molecule has 88 valence electrons. The van der Waals surface area contributed by atoms with Gasteiger partial charge in [-0.15, -0.1) is 0 Å². The van der Waals surface area contributed by atoms with Crippen LogP contribution in [-0.2, 0) is 0 Å². The summed E-state index contributed by atoms with van der Waals surface area (Å²) in [5, 5.41) is 2.71. The van der Waals surface area contributed by atoms with E-state index in [0.29, 0.717) is 12.5 Å². The van der Waals surface area contributed by atoms with E-state index in [2.05, 4.69) is 5.32 Å². The number of benzene rings is 1. The molecule has 0 radical (unpaired) electrons. The van der Waals surface area contributed by atoms with Gasteiger partial charge in [0.05, 0.1) is 15.6 Å². The van der Waals surface area contributed by atoms with Crippen molar-refractivity contribution in [3.8, 4) is 0 Å². The normalized spacial score (nSPS) is 10.6. The van der Waals surface area contributed by atoms with Gasteiger partial charge in [-0.1, -0.05) is 37.0 Å². The Kier molecular flexibility index (Phi) is 4.56. The summed E-state index contributed by atoms with van der Waals surface area (Å²) in [6.45, 7) is 4.44. The first kappa shape index (κ1) is 13.3. The highest BCUT2D eigenvalue weighted by Crippen LogP contribution is 2.24.